The van der Waals surface area contributed by atoms with Crippen molar-refractivity contribution in [3.05, 3.63) is 53.9 Å². The van der Waals surface area contributed by atoms with Gasteiger partial charge in [-0.2, -0.15) is 5.10 Å². The lowest BCUT2D eigenvalue weighted by Gasteiger charge is -2.24. The quantitative estimate of drug-likeness (QED) is 0.493. The summed E-state index contributed by atoms with van der Waals surface area (Å²) in [5.41, 5.74) is 1.01. The van der Waals surface area contributed by atoms with Gasteiger partial charge in [0, 0.05) is 37.8 Å². The minimum atomic E-state index is -1.06. The smallest absolute Gasteiger partial charge is 0.191 e. The second-order valence-electron chi connectivity index (χ2n) is 7.51. The van der Waals surface area contributed by atoms with Gasteiger partial charge in [0.15, 0.2) is 5.96 Å². The van der Waals surface area contributed by atoms with Crippen molar-refractivity contribution in [2.75, 3.05) is 19.6 Å². The molecule has 0 spiro atoms. The molecule has 0 saturated carbocycles. The number of nitrogens with one attached hydrogen (secondary N) is 2. The van der Waals surface area contributed by atoms with E-state index >= 15 is 0 Å². The molecule has 2 aromatic rings. The lowest BCUT2D eigenvalue weighted by molar-refractivity contribution is 0.0671. The van der Waals surface area contributed by atoms with E-state index in [9.17, 15) is 5.11 Å². The number of nitrogens with zero attached hydrogens (tertiary/aromatic N) is 3. The van der Waals surface area contributed by atoms with Crippen molar-refractivity contribution in [2.24, 2.45) is 18.0 Å². The maximum Gasteiger partial charge on any atom is 0.191 e. The average molecular weight is 372 g/mol. The van der Waals surface area contributed by atoms with Crippen molar-refractivity contribution in [2.45, 2.75) is 39.2 Å². The Labute approximate surface area is 162 Å². The maximum atomic E-state index is 10.7. The van der Waals surface area contributed by atoms with E-state index in [1.54, 1.807) is 17.8 Å². The molecule has 6 nitrogen and oxygen atoms in total. The van der Waals surface area contributed by atoms with Gasteiger partial charge in [0.05, 0.1) is 12.7 Å². The zero-order valence-electron chi connectivity index (χ0n) is 17.1. The van der Waals surface area contributed by atoms with Gasteiger partial charge in [-0.1, -0.05) is 44.2 Å². The molecule has 2 atom stereocenters. The largest absolute Gasteiger partial charge is 0.383 e. The minimum Gasteiger partial charge on any atom is -0.383 e. The lowest BCUT2D eigenvalue weighted by atomic mass is 9.88. The van der Waals surface area contributed by atoms with Crippen LogP contribution in [0.25, 0.3) is 0 Å². The van der Waals surface area contributed by atoms with E-state index in [-0.39, 0.29) is 6.54 Å². The molecular formula is C21H33N5O. The molecule has 2 unspecified atom stereocenters. The Morgan fingerprint density at radius 2 is 1.96 bits per heavy atom. The summed E-state index contributed by atoms with van der Waals surface area (Å²) in [5, 5.41) is 21.6. The van der Waals surface area contributed by atoms with E-state index in [2.05, 4.69) is 58.8 Å². The van der Waals surface area contributed by atoms with Crippen molar-refractivity contribution >= 4 is 5.96 Å². The Morgan fingerprint density at radius 1 is 1.26 bits per heavy atom. The van der Waals surface area contributed by atoms with Crippen LogP contribution in [0.15, 0.2) is 47.7 Å². The second kappa shape index (κ2) is 9.55. The summed E-state index contributed by atoms with van der Waals surface area (Å²) in [6, 6.07) is 10.5. The summed E-state index contributed by atoms with van der Waals surface area (Å²) < 4.78 is 1.68. The van der Waals surface area contributed by atoms with Gasteiger partial charge in [-0.05, 0) is 25.3 Å². The van der Waals surface area contributed by atoms with E-state index in [4.69, 9.17) is 0 Å². The van der Waals surface area contributed by atoms with Gasteiger partial charge in [0.2, 0.25) is 0 Å². The zero-order chi connectivity index (χ0) is 19.9. The monoisotopic (exact) mass is 371 g/mol. The summed E-state index contributed by atoms with van der Waals surface area (Å²) in [4.78, 5) is 4.60. The first kappa shape index (κ1) is 21.0. The van der Waals surface area contributed by atoms with E-state index in [1.807, 2.05) is 26.2 Å². The predicted molar refractivity (Wildman–Crippen MR) is 111 cm³/mol. The fraction of sp³-hybridized carbons (Fsp3) is 0.524. The molecule has 2 rings (SSSR count). The number of aryl methyl sites for hydroxylation is 1. The summed E-state index contributed by atoms with van der Waals surface area (Å²) in [6.45, 7) is 10.1. The molecule has 0 fully saturated rings. The van der Waals surface area contributed by atoms with Gasteiger partial charge >= 0.3 is 0 Å². The summed E-state index contributed by atoms with van der Waals surface area (Å²) in [7, 11) is 1.84. The van der Waals surface area contributed by atoms with E-state index in [1.165, 1.54) is 5.56 Å². The van der Waals surface area contributed by atoms with Gasteiger partial charge in [0.1, 0.15) is 5.60 Å². The van der Waals surface area contributed by atoms with Crippen molar-refractivity contribution in [1.82, 2.24) is 20.4 Å². The van der Waals surface area contributed by atoms with E-state index < -0.39 is 5.60 Å². The van der Waals surface area contributed by atoms with Crippen LogP contribution in [0.2, 0.25) is 0 Å². The van der Waals surface area contributed by atoms with Crippen LogP contribution in [0.4, 0.5) is 0 Å². The van der Waals surface area contributed by atoms with Gasteiger partial charge in [-0.25, -0.2) is 4.99 Å². The molecule has 27 heavy (non-hydrogen) atoms. The molecule has 6 heteroatoms. The fourth-order valence-corrected chi connectivity index (χ4v) is 3.01. The Hall–Kier alpha value is -2.34. The molecule has 0 saturated heterocycles. The Kier molecular flexibility index (Phi) is 7.42. The topological polar surface area (TPSA) is 74.5 Å². The highest BCUT2D eigenvalue weighted by atomic mass is 16.3. The first-order valence-corrected chi connectivity index (χ1v) is 9.62. The molecule has 0 radical (unpaired) electrons. The highest BCUT2D eigenvalue weighted by Gasteiger charge is 2.25. The molecule has 1 aromatic carbocycles. The predicted octanol–water partition coefficient (Wildman–Crippen LogP) is 2.62. The third-order valence-electron chi connectivity index (χ3n) is 4.74. The number of rotatable bonds is 8. The average Bonchev–Trinajstić information content (AvgIpc) is 3.08. The molecule has 3 N–H and O–H groups in total. The van der Waals surface area contributed by atoms with Crippen LogP contribution in [-0.4, -0.2) is 40.5 Å². The number of aliphatic imine (C=N–C) groups is 1. The van der Waals surface area contributed by atoms with Crippen molar-refractivity contribution in [1.29, 1.82) is 0 Å². The van der Waals surface area contributed by atoms with Crippen molar-refractivity contribution in [3.63, 3.8) is 0 Å². The second-order valence-corrected chi connectivity index (χ2v) is 7.51. The molecule has 0 aliphatic carbocycles. The SMILES string of the molecule is CCNC(=NCC(C)(O)c1cnn(C)c1)NCC(c1ccccc1)C(C)C. The first-order chi connectivity index (χ1) is 12.8. The summed E-state index contributed by atoms with van der Waals surface area (Å²) >= 11 is 0. The van der Waals surface area contributed by atoms with Crippen LogP contribution in [0, 0.1) is 5.92 Å². The number of guanidine groups is 1. The van der Waals surface area contributed by atoms with Gasteiger partial charge in [0.25, 0.3) is 0 Å². The van der Waals surface area contributed by atoms with E-state index in [0.29, 0.717) is 17.8 Å². The highest BCUT2D eigenvalue weighted by molar-refractivity contribution is 5.79. The van der Waals surface area contributed by atoms with Crippen LogP contribution in [0.1, 0.15) is 44.7 Å². The van der Waals surface area contributed by atoms with E-state index in [0.717, 1.165) is 18.7 Å². The Balaban J connectivity index is 2.06. The van der Waals surface area contributed by atoms with Crippen LogP contribution in [0.5, 0.6) is 0 Å². The molecule has 148 valence electrons. The van der Waals surface area contributed by atoms with Crippen LogP contribution in [0.3, 0.4) is 0 Å². The third-order valence-corrected chi connectivity index (χ3v) is 4.74. The first-order valence-electron chi connectivity index (χ1n) is 9.62. The van der Waals surface area contributed by atoms with Crippen molar-refractivity contribution < 1.29 is 5.11 Å². The van der Waals surface area contributed by atoms with Gasteiger partial charge in [-0.15, -0.1) is 0 Å². The summed E-state index contributed by atoms with van der Waals surface area (Å²) in [5.74, 6) is 1.60. The molecule has 1 aromatic heterocycles. The van der Waals surface area contributed by atoms with Gasteiger partial charge < -0.3 is 15.7 Å². The fourth-order valence-electron chi connectivity index (χ4n) is 3.01. The van der Waals surface area contributed by atoms with Crippen molar-refractivity contribution in [3.8, 4) is 0 Å². The summed E-state index contributed by atoms with van der Waals surface area (Å²) in [6.07, 6.45) is 3.50. The number of benzene rings is 1. The zero-order valence-corrected chi connectivity index (χ0v) is 17.1. The van der Waals surface area contributed by atoms with Crippen LogP contribution >= 0.6 is 0 Å². The standard InChI is InChI=1S/C21H33N5O/c1-6-22-20(24-15-21(4,27)18-12-25-26(5)14-18)23-13-19(16(2)3)17-10-8-7-9-11-17/h7-12,14,16,19,27H,6,13,15H2,1-5H3,(H2,22,23,24). The van der Waals surface area contributed by atoms with Crippen LogP contribution < -0.4 is 10.6 Å². The molecule has 0 amide bonds. The maximum absolute atomic E-state index is 10.7. The minimum absolute atomic E-state index is 0.256. The highest BCUT2D eigenvalue weighted by Crippen LogP contribution is 2.23. The third kappa shape index (κ3) is 6.10. The molecule has 0 aliphatic heterocycles. The number of hydrogen-bond acceptors (Lipinski definition) is 3. The van der Waals surface area contributed by atoms with Crippen LogP contribution in [-0.2, 0) is 12.6 Å². The molecule has 1 heterocycles. The molecule has 0 bridgehead atoms. The number of aromatic nitrogens is 2. The Morgan fingerprint density at radius 3 is 2.52 bits per heavy atom. The molecular weight excluding hydrogens is 338 g/mol. The molecule has 0 aliphatic rings. The number of aliphatic hydroxyl groups is 1. The Bertz CT molecular complexity index is 721. The normalized spacial score (nSPS) is 15.4. The van der Waals surface area contributed by atoms with Gasteiger partial charge in [-0.3, -0.25) is 4.68 Å². The number of hydrogen-bond donors (Lipinski definition) is 3. The lowest BCUT2D eigenvalue weighted by Crippen LogP contribution is -2.41.